The lowest BCUT2D eigenvalue weighted by molar-refractivity contribution is -0.127. The van der Waals surface area contributed by atoms with Crippen molar-refractivity contribution >= 4 is 17.9 Å². The van der Waals surface area contributed by atoms with Gasteiger partial charge in [-0.2, -0.15) is 0 Å². The molecule has 0 N–H and O–H groups in total. The van der Waals surface area contributed by atoms with Crippen LogP contribution in [0.25, 0.3) is 6.08 Å². The van der Waals surface area contributed by atoms with Gasteiger partial charge >= 0.3 is 0 Å². The summed E-state index contributed by atoms with van der Waals surface area (Å²) in [6, 6.07) is 14.8. The second-order valence-corrected chi connectivity index (χ2v) is 6.43. The quantitative estimate of drug-likeness (QED) is 0.749. The lowest BCUT2D eigenvalue weighted by atomic mass is 10.1. The molecule has 1 saturated heterocycles. The molecule has 1 heterocycles. The third kappa shape index (κ3) is 4.52. The fourth-order valence-corrected chi connectivity index (χ4v) is 3.11. The Bertz CT molecular complexity index is 856. The van der Waals surface area contributed by atoms with Gasteiger partial charge in [0, 0.05) is 38.3 Å². The van der Waals surface area contributed by atoms with Crippen molar-refractivity contribution < 1.29 is 19.1 Å². The Morgan fingerprint density at radius 1 is 0.893 bits per heavy atom. The van der Waals surface area contributed by atoms with Crippen molar-refractivity contribution in [2.75, 3.05) is 40.4 Å². The first-order valence-electron chi connectivity index (χ1n) is 9.15. The van der Waals surface area contributed by atoms with E-state index in [1.54, 1.807) is 41.2 Å². The minimum absolute atomic E-state index is 0.0435. The van der Waals surface area contributed by atoms with Crippen LogP contribution in [0, 0.1) is 0 Å². The predicted octanol–water partition coefficient (Wildman–Crippen LogP) is 2.70. The molecule has 0 saturated carbocycles. The molecule has 3 rings (SSSR count). The summed E-state index contributed by atoms with van der Waals surface area (Å²) in [6.45, 7) is 1.97. The summed E-state index contributed by atoms with van der Waals surface area (Å²) >= 11 is 0. The van der Waals surface area contributed by atoms with Crippen LogP contribution in [0.15, 0.2) is 54.6 Å². The number of benzene rings is 2. The fourth-order valence-electron chi connectivity index (χ4n) is 3.11. The Balaban J connectivity index is 1.60. The smallest absolute Gasteiger partial charge is 0.257 e. The van der Waals surface area contributed by atoms with Crippen molar-refractivity contribution in [1.29, 1.82) is 0 Å². The van der Waals surface area contributed by atoms with E-state index in [0.29, 0.717) is 43.2 Å². The Morgan fingerprint density at radius 3 is 2.21 bits per heavy atom. The lowest BCUT2D eigenvalue weighted by Crippen LogP contribution is -2.50. The minimum atomic E-state index is -0.105. The normalized spacial score (nSPS) is 14.2. The lowest BCUT2D eigenvalue weighted by Gasteiger charge is -2.34. The van der Waals surface area contributed by atoms with E-state index in [1.807, 2.05) is 36.4 Å². The van der Waals surface area contributed by atoms with Crippen molar-refractivity contribution in [2.24, 2.45) is 0 Å². The molecule has 0 unspecified atom stereocenters. The van der Waals surface area contributed by atoms with E-state index in [9.17, 15) is 9.59 Å². The summed E-state index contributed by atoms with van der Waals surface area (Å²) in [5.74, 6) is 0.965. The first-order chi connectivity index (χ1) is 13.6. The van der Waals surface area contributed by atoms with Crippen molar-refractivity contribution in [3.63, 3.8) is 0 Å². The fraction of sp³-hybridized carbons (Fsp3) is 0.273. The summed E-state index contributed by atoms with van der Waals surface area (Å²) in [5, 5.41) is 0. The van der Waals surface area contributed by atoms with Crippen LogP contribution in [-0.2, 0) is 4.79 Å². The second-order valence-electron chi connectivity index (χ2n) is 6.43. The van der Waals surface area contributed by atoms with E-state index in [0.717, 1.165) is 5.56 Å². The Labute approximate surface area is 165 Å². The second kappa shape index (κ2) is 9.08. The molecule has 2 aromatic carbocycles. The molecule has 1 aliphatic heterocycles. The Morgan fingerprint density at radius 2 is 1.57 bits per heavy atom. The molecule has 0 bridgehead atoms. The molecule has 146 valence electrons. The molecular formula is C22H24N2O4. The number of hydrogen-bond acceptors (Lipinski definition) is 4. The largest absolute Gasteiger partial charge is 0.497 e. The van der Waals surface area contributed by atoms with Gasteiger partial charge in [-0.1, -0.05) is 30.3 Å². The molecule has 0 atom stereocenters. The van der Waals surface area contributed by atoms with Crippen LogP contribution in [0.2, 0.25) is 0 Å². The van der Waals surface area contributed by atoms with Crippen molar-refractivity contribution in [3.05, 3.63) is 65.7 Å². The number of carbonyl (C=O) groups is 2. The number of hydrogen-bond donors (Lipinski definition) is 0. The maximum Gasteiger partial charge on any atom is 0.257 e. The molecular weight excluding hydrogens is 356 g/mol. The molecule has 0 aliphatic carbocycles. The molecule has 2 amide bonds. The van der Waals surface area contributed by atoms with Crippen LogP contribution in [0.5, 0.6) is 11.5 Å². The van der Waals surface area contributed by atoms with E-state index in [1.165, 1.54) is 7.11 Å². The van der Waals surface area contributed by atoms with Gasteiger partial charge in [-0.05, 0) is 23.8 Å². The molecule has 1 aliphatic rings. The van der Waals surface area contributed by atoms with Crippen molar-refractivity contribution in [3.8, 4) is 11.5 Å². The van der Waals surface area contributed by atoms with Crippen molar-refractivity contribution in [2.45, 2.75) is 0 Å². The SMILES string of the molecule is COc1ccc(C(=O)N2CCN(C(=O)/C=C/c3ccccc3)CC2)c(OC)c1. The van der Waals surface area contributed by atoms with Gasteiger partial charge in [0.2, 0.25) is 5.91 Å². The van der Waals surface area contributed by atoms with E-state index in [4.69, 9.17) is 9.47 Å². The van der Waals surface area contributed by atoms with Gasteiger partial charge in [0.25, 0.3) is 5.91 Å². The van der Waals surface area contributed by atoms with Gasteiger partial charge in [-0.15, -0.1) is 0 Å². The summed E-state index contributed by atoms with van der Waals surface area (Å²) < 4.78 is 10.5. The summed E-state index contributed by atoms with van der Waals surface area (Å²) in [4.78, 5) is 28.7. The first-order valence-corrected chi connectivity index (χ1v) is 9.15. The first kappa shape index (κ1) is 19.5. The van der Waals surface area contributed by atoms with Gasteiger partial charge in [-0.3, -0.25) is 9.59 Å². The zero-order valence-corrected chi connectivity index (χ0v) is 16.1. The highest BCUT2D eigenvalue weighted by Crippen LogP contribution is 2.26. The predicted molar refractivity (Wildman–Crippen MR) is 108 cm³/mol. The van der Waals surface area contributed by atoms with E-state index in [2.05, 4.69) is 0 Å². The molecule has 1 fully saturated rings. The number of piperazine rings is 1. The van der Waals surface area contributed by atoms with Gasteiger partial charge in [-0.25, -0.2) is 0 Å². The van der Waals surface area contributed by atoms with E-state index >= 15 is 0 Å². The molecule has 0 aromatic heterocycles. The Hall–Kier alpha value is -3.28. The molecule has 6 nitrogen and oxygen atoms in total. The number of methoxy groups -OCH3 is 2. The van der Waals surface area contributed by atoms with Crippen LogP contribution in [0.1, 0.15) is 15.9 Å². The number of ether oxygens (including phenoxy) is 2. The molecule has 28 heavy (non-hydrogen) atoms. The monoisotopic (exact) mass is 380 g/mol. The third-order valence-electron chi connectivity index (χ3n) is 4.74. The van der Waals surface area contributed by atoms with Gasteiger partial charge in [0.1, 0.15) is 11.5 Å². The van der Waals surface area contributed by atoms with Crippen LogP contribution < -0.4 is 9.47 Å². The maximum atomic E-state index is 12.9. The zero-order valence-electron chi connectivity index (χ0n) is 16.1. The summed E-state index contributed by atoms with van der Waals surface area (Å²) in [7, 11) is 3.10. The van der Waals surface area contributed by atoms with Gasteiger partial charge in [0.05, 0.1) is 19.8 Å². The molecule has 2 aromatic rings. The van der Waals surface area contributed by atoms with Crippen molar-refractivity contribution in [1.82, 2.24) is 9.80 Å². The average molecular weight is 380 g/mol. The maximum absolute atomic E-state index is 12.9. The molecule has 6 heteroatoms. The summed E-state index contributed by atoms with van der Waals surface area (Å²) in [6.07, 6.45) is 3.39. The number of nitrogens with zero attached hydrogens (tertiary/aromatic N) is 2. The highest BCUT2D eigenvalue weighted by atomic mass is 16.5. The topological polar surface area (TPSA) is 59.1 Å². The number of carbonyl (C=O) groups excluding carboxylic acids is 2. The van der Waals surface area contributed by atoms with E-state index in [-0.39, 0.29) is 11.8 Å². The standard InChI is InChI=1S/C22H24N2O4/c1-27-18-9-10-19(20(16-18)28-2)22(26)24-14-12-23(13-15-24)21(25)11-8-17-6-4-3-5-7-17/h3-11,16H,12-15H2,1-2H3/b11-8+. The van der Waals surface area contributed by atoms with Crippen LogP contribution in [0.3, 0.4) is 0 Å². The van der Waals surface area contributed by atoms with Gasteiger partial charge in [0.15, 0.2) is 0 Å². The molecule has 0 spiro atoms. The number of amides is 2. The van der Waals surface area contributed by atoms with Crippen LogP contribution >= 0.6 is 0 Å². The zero-order chi connectivity index (χ0) is 19.9. The van der Waals surface area contributed by atoms with E-state index < -0.39 is 0 Å². The minimum Gasteiger partial charge on any atom is -0.497 e. The number of rotatable bonds is 5. The highest BCUT2D eigenvalue weighted by molar-refractivity contribution is 5.97. The highest BCUT2D eigenvalue weighted by Gasteiger charge is 2.25. The van der Waals surface area contributed by atoms with Crippen LogP contribution in [-0.4, -0.2) is 62.0 Å². The molecule has 0 radical (unpaired) electrons. The van der Waals surface area contributed by atoms with Crippen LogP contribution in [0.4, 0.5) is 0 Å². The summed E-state index contributed by atoms with van der Waals surface area (Å²) in [5.41, 5.74) is 1.48. The average Bonchev–Trinajstić information content (AvgIpc) is 2.77. The Kier molecular flexibility index (Phi) is 6.32. The van der Waals surface area contributed by atoms with Gasteiger partial charge < -0.3 is 19.3 Å². The third-order valence-corrected chi connectivity index (χ3v) is 4.74.